The van der Waals surface area contributed by atoms with Crippen molar-refractivity contribution in [2.75, 3.05) is 0 Å². The van der Waals surface area contributed by atoms with Crippen LogP contribution in [0.4, 0.5) is 0 Å². The van der Waals surface area contributed by atoms with Crippen LogP contribution in [-0.2, 0) is 10.3 Å². The first kappa shape index (κ1) is 9.63. The molecule has 0 N–H and O–H groups in total. The van der Waals surface area contributed by atoms with Crippen LogP contribution in [-0.4, -0.2) is 11.1 Å². The highest BCUT2D eigenvalue weighted by molar-refractivity contribution is 7.09. The van der Waals surface area contributed by atoms with Gasteiger partial charge in [-0.05, 0) is 19.8 Å². The molecule has 0 spiro atoms. The Balaban J connectivity index is 2.10. The van der Waals surface area contributed by atoms with Gasteiger partial charge in [-0.25, -0.2) is 4.98 Å². The molecular weight excluding hydrogens is 196 g/mol. The van der Waals surface area contributed by atoms with E-state index in [9.17, 15) is 0 Å². The molecule has 2 unspecified atom stereocenters. The lowest BCUT2D eigenvalue weighted by atomic mass is 10.0. The van der Waals surface area contributed by atoms with Gasteiger partial charge in [0.1, 0.15) is 10.6 Å². The molecule has 2 rings (SSSR count). The minimum absolute atomic E-state index is 0.0916. The van der Waals surface area contributed by atoms with Crippen LogP contribution in [0.3, 0.4) is 0 Å². The fraction of sp³-hybridized carbons (Fsp3) is 0.600. The lowest BCUT2D eigenvalue weighted by molar-refractivity contribution is -0.0302. The molecule has 0 saturated carbocycles. The number of aromatic nitrogens is 1. The van der Waals surface area contributed by atoms with Gasteiger partial charge in [0, 0.05) is 11.6 Å². The van der Waals surface area contributed by atoms with Crippen LogP contribution in [0.1, 0.15) is 31.2 Å². The number of rotatable bonds is 2. The van der Waals surface area contributed by atoms with Crippen LogP contribution in [0.5, 0.6) is 0 Å². The van der Waals surface area contributed by atoms with E-state index in [0.717, 1.165) is 17.8 Å². The van der Waals surface area contributed by atoms with Crippen molar-refractivity contribution in [2.24, 2.45) is 0 Å². The van der Waals surface area contributed by atoms with Crippen LogP contribution in [0.15, 0.2) is 11.6 Å². The Labute approximate surface area is 87.3 Å². The Morgan fingerprint density at radius 2 is 2.71 bits per heavy atom. The number of ether oxygens (including phenoxy) is 1. The molecule has 2 atom stereocenters. The summed E-state index contributed by atoms with van der Waals surface area (Å²) in [6.07, 6.45) is 4.30. The molecule has 3 nitrogen and oxygen atoms in total. The first-order valence-corrected chi connectivity index (χ1v) is 5.57. The maximum absolute atomic E-state index is 8.58. The summed E-state index contributed by atoms with van der Waals surface area (Å²) >= 11 is 1.62. The third kappa shape index (κ3) is 1.66. The van der Waals surface area contributed by atoms with Crippen molar-refractivity contribution in [2.45, 2.75) is 37.9 Å². The summed E-state index contributed by atoms with van der Waals surface area (Å²) in [5.41, 5.74) is -0.254. The molecule has 4 heteroatoms. The fourth-order valence-electron chi connectivity index (χ4n) is 1.81. The molecule has 1 saturated heterocycles. The van der Waals surface area contributed by atoms with Crippen molar-refractivity contribution in [3.63, 3.8) is 0 Å². The minimum Gasteiger partial charge on any atom is -0.364 e. The summed E-state index contributed by atoms with van der Waals surface area (Å²) in [5.74, 6) is 0. The van der Waals surface area contributed by atoms with E-state index in [1.807, 2.05) is 5.38 Å². The lowest BCUT2D eigenvalue weighted by Gasteiger charge is -2.21. The molecule has 1 aliphatic heterocycles. The number of hydrogen-bond donors (Lipinski definition) is 0. The Morgan fingerprint density at radius 3 is 3.36 bits per heavy atom. The van der Waals surface area contributed by atoms with Crippen LogP contribution in [0, 0.1) is 11.3 Å². The van der Waals surface area contributed by atoms with E-state index in [2.05, 4.69) is 18.0 Å². The molecule has 74 valence electrons. The zero-order chi connectivity index (χ0) is 10.0. The highest BCUT2D eigenvalue weighted by Gasteiger charge is 2.39. The standard InChI is InChI=1S/C10H12N2OS/c1-10(9-12-6-7-14-9)4-2-8(13-10)3-5-11/h6-8H,2-4H2,1H3. The summed E-state index contributed by atoms with van der Waals surface area (Å²) < 4.78 is 5.86. The third-order valence-corrected chi connectivity index (χ3v) is 3.59. The van der Waals surface area contributed by atoms with E-state index >= 15 is 0 Å². The number of nitriles is 1. The predicted octanol–water partition coefficient (Wildman–Crippen LogP) is 2.45. The van der Waals surface area contributed by atoms with Gasteiger partial charge in [-0.2, -0.15) is 5.26 Å². The Morgan fingerprint density at radius 1 is 1.86 bits per heavy atom. The van der Waals surface area contributed by atoms with E-state index in [4.69, 9.17) is 10.00 Å². The van der Waals surface area contributed by atoms with Gasteiger partial charge in [0.15, 0.2) is 0 Å². The zero-order valence-electron chi connectivity index (χ0n) is 8.06. The van der Waals surface area contributed by atoms with Crippen molar-refractivity contribution < 1.29 is 4.74 Å². The molecule has 1 fully saturated rings. The number of thiazole rings is 1. The molecule has 0 amide bonds. The fourth-order valence-corrected chi connectivity index (χ4v) is 2.58. The molecular formula is C10H12N2OS. The van der Waals surface area contributed by atoms with Gasteiger partial charge in [0.2, 0.25) is 0 Å². The zero-order valence-corrected chi connectivity index (χ0v) is 8.88. The first-order valence-electron chi connectivity index (χ1n) is 4.69. The molecule has 14 heavy (non-hydrogen) atoms. The van der Waals surface area contributed by atoms with Gasteiger partial charge in [-0.3, -0.25) is 0 Å². The van der Waals surface area contributed by atoms with Gasteiger partial charge in [-0.15, -0.1) is 11.3 Å². The largest absolute Gasteiger partial charge is 0.364 e. The quantitative estimate of drug-likeness (QED) is 0.750. The summed E-state index contributed by atoms with van der Waals surface area (Å²) in [4.78, 5) is 4.28. The molecule has 0 radical (unpaired) electrons. The van der Waals surface area contributed by atoms with Crippen LogP contribution >= 0.6 is 11.3 Å². The van der Waals surface area contributed by atoms with Gasteiger partial charge in [0.05, 0.1) is 18.6 Å². The van der Waals surface area contributed by atoms with Crippen LogP contribution in [0.2, 0.25) is 0 Å². The molecule has 1 aromatic rings. The van der Waals surface area contributed by atoms with E-state index in [-0.39, 0.29) is 11.7 Å². The maximum Gasteiger partial charge on any atom is 0.124 e. The highest BCUT2D eigenvalue weighted by atomic mass is 32.1. The lowest BCUT2D eigenvalue weighted by Crippen LogP contribution is -2.21. The van der Waals surface area contributed by atoms with Gasteiger partial charge in [-0.1, -0.05) is 0 Å². The van der Waals surface area contributed by atoms with Gasteiger partial charge in [0.25, 0.3) is 0 Å². The monoisotopic (exact) mass is 208 g/mol. The molecule has 1 aromatic heterocycles. The Bertz CT molecular complexity index is 344. The SMILES string of the molecule is CC1(c2nccs2)CCC(CC#N)O1. The maximum atomic E-state index is 8.58. The highest BCUT2D eigenvalue weighted by Crippen LogP contribution is 2.40. The first-order chi connectivity index (χ1) is 6.74. The van der Waals surface area contributed by atoms with Gasteiger partial charge < -0.3 is 4.74 Å². The van der Waals surface area contributed by atoms with E-state index in [1.165, 1.54) is 0 Å². The van der Waals surface area contributed by atoms with E-state index in [0.29, 0.717) is 6.42 Å². The van der Waals surface area contributed by atoms with Crippen LogP contribution in [0.25, 0.3) is 0 Å². The smallest absolute Gasteiger partial charge is 0.124 e. The van der Waals surface area contributed by atoms with Crippen LogP contribution < -0.4 is 0 Å². The van der Waals surface area contributed by atoms with Crippen molar-refractivity contribution >= 4 is 11.3 Å². The second-order valence-corrected chi connectivity index (χ2v) is 4.60. The van der Waals surface area contributed by atoms with Crippen molar-refractivity contribution in [3.05, 3.63) is 16.6 Å². The van der Waals surface area contributed by atoms with E-state index in [1.54, 1.807) is 17.5 Å². The van der Waals surface area contributed by atoms with Gasteiger partial charge >= 0.3 is 0 Å². The van der Waals surface area contributed by atoms with Crippen molar-refractivity contribution in [1.29, 1.82) is 5.26 Å². The predicted molar refractivity (Wildman–Crippen MR) is 53.8 cm³/mol. The summed E-state index contributed by atoms with van der Waals surface area (Å²) in [7, 11) is 0. The van der Waals surface area contributed by atoms with Crippen molar-refractivity contribution in [1.82, 2.24) is 4.98 Å². The second kappa shape index (κ2) is 3.68. The molecule has 0 bridgehead atoms. The normalized spacial score (nSPS) is 31.6. The summed E-state index contributed by atoms with van der Waals surface area (Å²) in [5, 5.41) is 11.6. The molecule has 2 heterocycles. The summed E-state index contributed by atoms with van der Waals surface area (Å²) in [6, 6.07) is 2.15. The number of nitrogens with zero attached hydrogens (tertiary/aromatic N) is 2. The minimum atomic E-state index is -0.254. The Hall–Kier alpha value is -0.920. The number of hydrogen-bond acceptors (Lipinski definition) is 4. The molecule has 0 aliphatic carbocycles. The molecule has 1 aliphatic rings. The third-order valence-electron chi connectivity index (χ3n) is 2.57. The topological polar surface area (TPSA) is 45.9 Å². The average Bonchev–Trinajstić information content (AvgIpc) is 2.75. The Kier molecular flexibility index (Phi) is 2.53. The second-order valence-electron chi connectivity index (χ2n) is 3.71. The van der Waals surface area contributed by atoms with E-state index < -0.39 is 0 Å². The average molecular weight is 208 g/mol. The van der Waals surface area contributed by atoms with Crippen molar-refractivity contribution in [3.8, 4) is 6.07 Å². The molecule has 0 aromatic carbocycles. The summed E-state index contributed by atoms with van der Waals surface area (Å²) in [6.45, 7) is 2.06.